The monoisotopic (exact) mass is 420 g/mol. The predicted octanol–water partition coefficient (Wildman–Crippen LogP) is 4.75. The van der Waals surface area contributed by atoms with Crippen molar-refractivity contribution in [2.75, 3.05) is 11.9 Å². The van der Waals surface area contributed by atoms with Crippen LogP contribution in [0, 0.1) is 32.1 Å². The fourth-order valence-electron chi connectivity index (χ4n) is 3.85. The summed E-state index contributed by atoms with van der Waals surface area (Å²) in [5.41, 5.74) is 4.98. The molecule has 1 atom stereocenters. The molecular formula is C23H24N4O2S. The quantitative estimate of drug-likeness (QED) is 0.477. The van der Waals surface area contributed by atoms with Crippen LogP contribution in [0.4, 0.5) is 5.13 Å². The molecule has 154 valence electrons. The van der Waals surface area contributed by atoms with Crippen LogP contribution < -0.4 is 5.32 Å². The molecule has 0 saturated carbocycles. The van der Waals surface area contributed by atoms with Crippen LogP contribution >= 0.6 is 11.3 Å². The summed E-state index contributed by atoms with van der Waals surface area (Å²) in [5, 5.41) is 12.9. The predicted molar refractivity (Wildman–Crippen MR) is 119 cm³/mol. The maximum Gasteiger partial charge on any atom is 0.268 e. The number of aryl methyl sites for hydroxylation is 2. The average molecular weight is 421 g/mol. The highest BCUT2D eigenvalue weighted by Gasteiger charge is 2.19. The number of ether oxygens (including phenoxy) is 1. The molecule has 0 radical (unpaired) electrons. The smallest absolute Gasteiger partial charge is 0.268 e. The number of carbonyl (C=O) groups is 1. The fourth-order valence-corrected chi connectivity index (χ4v) is 4.79. The van der Waals surface area contributed by atoms with Crippen molar-refractivity contribution in [3.8, 4) is 6.07 Å². The van der Waals surface area contributed by atoms with Gasteiger partial charge in [-0.25, -0.2) is 4.98 Å². The first-order chi connectivity index (χ1) is 14.5. The fraction of sp³-hybridized carbons (Fsp3) is 0.348. The Labute approximate surface area is 179 Å². The molecule has 1 aromatic carbocycles. The van der Waals surface area contributed by atoms with Crippen molar-refractivity contribution in [3.05, 3.63) is 52.4 Å². The van der Waals surface area contributed by atoms with E-state index in [1.165, 1.54) is 11.3 Å². The van der Waals surface area contributed by atoms with Gasteiger partial charge in [0.15, 0.2) is 5.13 Å². The molecule has 7 heteroatoms. The number of carbonyl (C=O) groups excluding carboxylic acids is 1. The Morgan fingerprint density at radius 3 is 2.97 bits per heavy atom. The van der Waals surface area contributed by atoms with E-state index in [1.807, 2.05) is 51.1 Å². The largest absolute Gasteiger partial charge is 0.376 e. The lowest BCUT2D eigenvalue weighted by molar-refractivity contribution is -0.112. The van der Waals surface area contributed by atoms with E-state index in [1.54, 1.807) is 6.08 Å². The van der Waals surface area contributed by atoms with Crippen LogP contribution in [0.25, 0.3) is 16.3 Å². The highest BCUT2D eigenvalue weighted by Crippen LogP contribution is 2.28. The molecule has 4 rings (SSSR count). The summed E-state index contributed by atoms with van der Waals surface area (Å²) in [4.78, 5) is 17.2. The number of hydrogen-bond donors (Lipinski definition) is 1. The van der Waals surface area contributed by atoms with E-state index in [0.29, 0.717) is 5.13 Å². The standard InChI is InChI=1S/C23H24N4O2S/c1-14-6-4-8-20-21(14)25-23(30-20)26-22(28)18(12-24)11-17-10-15(2)27(16(17)3)13-19-7-5-9-29-19/h4,6,8,10-11,19H,5,7,9,13H2,1-3H3,(H,25,26,28). The average Bonchev–Trinajstić information content (AvgIpc) is 3.43. The Kier molecular flexibility index (Phi) is 5.71. The van der Waals surface area contributed by atoms with E-state index in [4.69, 9.17) is 4.74 Å². The van der Waals surface area contributed by atoms with Crippen LogP contribution in [0.15, 0.2) is 29.8 Å². The van der Waals surface area contributed by atoms with Crippen LogP contribution in [0.5, 0.6) is 0 Å². The van der Waals surface area contributed by atoms with Gasteiger partial charge in [-0.3, -0.25) is 10.1 Å². The van der Waals surface area contributed by atoms with Gasteiger partial charge in [0.2, 0.25) is 0 Å². The number of rotatable bonds is 5. The van der Waals surface area contributed by atoms with Crippen molar-refractivity contribution in [2.45, 2.75) is 46.3 Å². The minimum absolute atomic E-state index is 0.0587. The van der Waals surface area contributed by atoms with Gasteiger partial charge in [-0.1, -0.05) is 23.5 Å². The summed E-state index contributed by atoms with van der Waals surface area (Å²) in [6, 6.07) is 9.97. The van der Waals surface area contributed by atoms with Gasteiger partial charge >= 0.3 is 0 Å². The molecule has 1 N–H and O–H groups in total. The second kappa shape index (κ2) is 8.42. The molecule has 2 aromatic heterocycles. The Bertz CT molecular complexity index is 1180. The van der Waals surface area contributed by atoms with Gasteiger partial charge in [-0.05, 0) is 62.9 Å². The highest BCUT2D eigenvalue weighted by atomic mass is 32.1. The lowest BCUT2D eigenvalue weighted by Crippen LogP contribution is -2.17. The summed E-state index contributed by atoms with van der Waals surface area (Å²) in [7, 11) is 0. The molecule has 6 nitrogen and oxygen atoms in total. The molecule has 1 aliphatic rings. The third-order valence-corrected chi connectivity index (χ3v) is 6.47. The van der Waals surface area contributed by atoms with Crippen LogP contribution in [0.1, 0.15) is 35.4 Å². The van der Waals surface area contributed by atoms with Gasteiger partial charge in [0.1, 0.15) is 11.6 Å². The number of para-hydroxylation sites is 1. The lowest BCUT2D eigenvalue weighted by atomic mass is 10.1. The molecule has 1 aliphatic heterocycles. The molecule has 0 aliphatic carbocycles. The molecule has 30 heavy (non-hydrogen) atoms. The van der Waals surface area contributed by atoms with Crippen LogP contribution in [-0.4, -0.2) is 28.2 Å². The van der Waals surface area contributed by atoms with Crippen molar-refractivity contribution in [2.24, 2.45) is 0 Å². The Morgan fingerprint density at radius 2 is 2.27 bits per heavy atom. The highest BCUT2D eigenvalue weighted by molar-refractivity contribution is 7.22. The van der Waals surface area contributed by atoms with E-state index in [2.05, 4.69) is 14.9 Å². The van der Waals surface area contributed by atoms with Crippen molar-refractivity contribution < 1.29 is 9.53 Å². The molecule has 3 heterocycles. The summed E-state index contributed by atoms with van der Waals surface area (Å²) >= 11 is 1.40. The first-order valence-corrected chi connectivity index (χ1v) is 10.9. The minimum Gasteiger partial charge on any atom is -0.376 e. The second-order valence-corrected chi connectivity index (χ2v) is 8.67. The number of anilines is 1. The third kappa shape index (κ3) is 4.02. The number of aromatic nitrogens is 2. The van der Waals surface area contributed by atoms with E-state index in [-0.39, 0.29) is 11.7 Å². The Hall–Kier alpha value is -2.95. The summed E-state index contributed by atoms with van der Waals surface area (Å²) in [6.07, 6.45) is 4.05. The second-order valence-electron chi connectivity index (χ2n) is 7.64. The maximum absolute atomic E-state index is 12.7. The minimum atomic E-state index is -0.446. The normalized spacial score (nSPS) is 16.7. The lowest BCUT2D eigenvalue weighted by Gasteiger charge is -2.14. The molecule has 1 amide bonds. The van der Waals surface area contributed by atoms with E-state index >= 15 is 0 Å². The SMILES string of the molecule is Cc1cccc2sc(NC(=O)C(C#N)=Cc3cc(C)n(CC4CCCO4)c3C)nc12. The molecular weight excluding hydrogens is 396 g/mol. The zero-order chi connectivity index (χ0) is 21.3. The number of amides is 1. The van der Waals surface area contributed by atoms with Gasteiger partial charge in [-0.2, -0.15) is 5.26 Å². The molecule has 3 aromatic rings. The Balaban J connectivity index is 1.56. The van der Waals surface area contributed by atoms with Crippen LogP contribution in [0.2, 0.25) is 0 Å². The number of hydrogen-bond acceptors (Lipinski definition) is 5. The molecule has 1 saturated heterocycles. The third-order valence-electron chi connectivity index (χ3n) is 5.53. The van der Waals surface area contributed by atoms with E-state index in [9.17, 15) is 10.1 Å². The number of nitrogens with zero attached hydrogens (tertiary/aromatic N) is 3. The number of thiazole rings is 1. The first kappa shape index (κ1) is 20.3. The van der Waals surface area contributed by atoms with Crippen molar-refractivity contribution in [1.29, 1.82) is 5.26 Å². The zero-order valence-corrected chi connectivity index (χ0v) is 18.2. The molecule has 1 fully saturated rings. The van der Waals surface area contributed by atoms with E-state index < -0.39 is 5.91 Å². The van der Waals surface area contributed by atoms with Crippen molar-refractivity contribution in [1.82, 2.24) is 9.55 Å². The van der Waals surface area contributed by atoms with Gasteiger partial charge in [0, 0.05) is 24.5 Å². The van der Waals surface area contributed by atoms with Gasteiger partial charge in [0.25, 0.3) is 5.91 Å². The topological polar surface area (TPSA) is 79.9 Å². The summed E-state index contributed by atoms with van der Waals surface area (Å²) in [5.74, 6) is -0.446. The van der Waals surface area contributed by atoms with Gasteiger partial charge < -0.3 is 9.30 Å². The number of nitrogens with one attached hydrogen (secondary N) is 1. The first-order valence-electron chi connectivity index (χ1n) is 10.0. The van der Waals surface area contributed by atoms with Crippen LogP contribution in [0.3, 0.4) is 0 Å². The number of nitriles is 1. The van der Waals surface area contributed by atoms with Crippen LogP contribution in [-0.2, 0) is 16.1 Å². The van der Waals surface area contributed by atoms with Crippen molar-refractivity contribution >= 4 is 38.7 Å². The summed E-state index contributed by atoms with van der Waals surface area (Å²) in [6.45, 7) is 7.65. The van der Waals surface area contributed by atoms with Gasteiger partial charge in [0.05, 0.1) is 16.3 Å². The number of benzene rings is 1. The Morgan fingerprint density at radius 1 is 1.43 bits per heavy atom. The number of fused-ring (bicyclic) bond motifs is 1. The summed E-state index contributed by atoms with van der Waals surface area (Å²) < 4.78 is 8.96. The molecule has 0 spiro atoms. The van der Waals surface area contributed by atoms with Crippen molar-refractivity contribution in [3.63, 3.8) is 0 Å². The zero-order valence-electron chi connectivity index (χ0n) is 17.4. The molecule has 1 unspecified atom stereocenters. The maximum atomic E-state index is 12.7. The van der Waals surface area contributed by atoms with E-state index in [0.717, 1.165) is 58.7 Å². The molecule has 0 bridgehead atoms. The van der Waals surface area contributed by atoms with Gasteiger partial charge in [-0.15, -0.1) is 0 Å².